The molecule has 0 N–H and O–H groups in total. The fraction of sp³-hybridized carbons (Fsp3) is 0.0455. The van der Waals surface area contributed by atoms with Crippen LogP contribution in [0.5, 0.6) is 11.5 Å². The van der Waals surface area contributed by atoms with Crippen LogP contribution in [0, 0.1) is 21.4 Å². The van der Waals surface area contributed by atoms with Crippen molar-refractivity contribution >= 4 is 40.5 Å². The molecule has 32 heavy (non-hydrogen) atoms. The molecule has 0 aliphatic carbocycles. The van der Waals surface area contributed by atoms with Gasteiger partial charge in [0.1, 0.15) is 5.75 Å². The van der Waals surface area contributed by atoms with Gasteiger partial charge in [0.25, 0.3) is 0 Å². The summed E-state index contributed by atoms with van der Waals surface area (Å²) in [6.45, 7) is 0. The van der Waals surface area contributed by atoms with Crippen molar-refractivity contribution in [2.24, 2.45) is 0 Å². The van der Waals surface area contributed by atoms with Crippen LogP contribution in [0.15, 0.2) is 60.7 Å². The summed E-state index contributed by atoms with van der Waals surface area (Å²) in [6.07, 6.45) is -3.17. The fourth-order valence-corrected chi connectivity index (χ4v) is 3.06. The van der Waals surface area contributed by atoms with E-state index >= 15 is 0 Å². The van der Waals surface area contributed by atoms with Gasteiger partial charge >= 0.3 is 11.9 Å². The van der Waals surface area contributed by atoms with Crippen molar-refractivity contribution in [3.05, 3.63) is 97.5 Å². The zero-order valence-electron chi connectivity index (χ0n) is 15.9. The number of hydrogen-bond acceptors (Lipinski definition) is 4. The summed E-state index contributed by atoms with van der Waals surface area (Å²) in [5.74, 6) is -0.399. The van der Waals surface area contributed by atoms with Crippen molar-refractivity contribution in [1.82, 2.24) is 0 Å². The van der Waals surface area contributed by atoms with Gasteiger partial charge in [-0.05, 0) is 53.6 Å². The average molecular weight is 479 g/mol. The van der Waals surface area contributed by atoms with Gasteiger partial charge in [0.2, 0.25) is 5.75 Å². The van der Waals surface area contributed by atoms with Gasteiger partial charge in [0.15, 0.2) is 0 Å². The number of rotatable bonds is 5. The maximum Gasteiger partial charge on any atom is 0.416 e. The van der Waals surface area contributed by atoms with E-state index in [9.17, 15) is 28.5 Å². The van der Waals surface area contributed by atoms with Gasteiger partial charge < -0.3 is 4.74 Å². The molecule has 10 heteroatoms. The van der Waals surface area contributed by atoms with Crippen LogP contribution in [0.25, 0.3) is 11.6 Å². The standard InChI is InChI=1S/C22H11Cl2F3N2O3/c23-17-5-2-14(3-6-17)15(12-28)9-13-1-7-20(18(24)10-13)32-21-8-4-16(22(25,26)27)11-19(21)29(30)31/h1-11H/b15-9-. The van der Waals surface area contributed by atoms with E-state index in [1.54, 1.807) is 36.4 Å². The Balaban J connectivity index is 1.91. The van der Waals surface area contributed by atoms with Crippen LogP contribution in [0.1, 0.15) is 16.7 Å². The number of nitro groups is 1. The summed E-state index contributed by atoms with van der Waals surface area (Å²) in [6, 6.07) is 15.1. The Hall–Kier alpha value is -3.54. The molecule has 0 amide bonds. The van der Waals surface area contributed by atoms with Crippen molar-refractivity contribution in [1.29, 1.82) is 5.26 Å². The van der Waals surface area contributed by atoms with Gasteiger partial charge in [-0.1, -0.05) is 41.4 Å². The molecule has 3 rings (SSSR count). The molecule has 0 saturated heterocycles. The largest absolute Gasteiger partial charge is 0.449 e. The van der Waals surface area contributed by atoms with Crippen molar-refractivity contribution < 1.29 is 22.8 Å². The zero-order chi connectivity index (χ0) is 23.5. The first kappa shape index (κ1) is 23.1. The zero-order valence-corrected chi connectivity index (χ0v) is 17.4. The lowest BCUT2D eigenvalue weighted by Crippen LogP contribution is -2.06. The molecular weight excluding hydrogens is 468 g/mol. The molecule has 0 heterocycles. The number of nitro benzene ring substituents is 1. The summed E-state index contributed by atoms with van der Waals surface area (Å²) in [5, 5.41) is 21.2. The lowest BCUT2D eigenvalue weighted by molar-refractivity contribution is -0.385. The third-order valence-corrected chi connectivity index (χ3v) is 4.79. The second-order valence-corrected chi connectivity index (χ2v) is 7.25. The SMILES string of the molecule is N#C/C(=C/c1ccc(Oc2ccc(C(F)(F)F)cc2[N+](=O)[O-])c(Cl)c1)c1ccc(Cl)cc1. The minimum absolute atomic E-state index is 0.00308. The van der Waals surface area contributed by atoms with E-state index in [2.05, 4.69) is 6.07 Å². The summed E-state index contributed by atoms with van der Waals surface area (Å²) in [5.41, 5.74) is -0.516. The third-order valence-electron chi connectivity index (χ3n) is 4.25. The molecule has 162 valence electrons. The summed E-state index contributed by atoms with van der Waals surface area (Å²) in [4.78, 5) is 10.2. The van der Waals surface area contributed by atoms with Gasteiger partial charge in [0, 0.05) is 11.1 Å². The van der Waals surface area contributed by atoms with Gasteiger partial charge in [-0.15, -0.1) is 0 Å². The highest BCUT2D eigenvalue weighted by molar-refractivity contribution is 6.32. The number of ether oxygens (including phenoxy) is 1. The molecule has 0 unspecified atom stereocenters. The average Bonchev–Trinajstić information content (AvgIpc) is 2.74. The first-order valence-electron chi connectivity index (χ1n) is 8.79. The summed E-state index contributed by atoms with van der Waals surface area (Å²) >= 11 is 12.1. The Bertz CT molecular complexity index is 1250. The van der Waals surface area contributed by atoms with Crippen LogP contribution >= 0.6 is 23.2 Å². The molecule has 0 atom stereocenters. The van der Waals surface area contributed by atoms with Gasteiger partial charge in [-0.25, -0.2) is 0 Å². The minimum Gasteiger partial charge on any atom is -0.449 e. The predicted octanol–water partition coefficient (Wildman–Crippen LogP) is 7.78. The highest BCUT2D eigenvalue weighted by Gasteiger charge is 2.33. The first-order chi connectivity index (χ1) is 15.1. The van der Waals surface area contributed by atoms with E-state index < -0.39 is 28.1 Å². The summed E-state index contributed by atoms with van der Waals surface area (Å²) in [7, 11) is 0. The molecule has 0 aliphatic rings. The second-order valence-electron chi connectivity index (χ2n) is 6.41. The number of halogens is 5. The van der Waals surface area contributed by atoms with Crippen LogP contribution in [0.3, 0.4) is 0 Å². The monoisotopic (exact) mass is 478 g/mol. The molecule has 3 aromatic rings. The Kier molecular flexibility index (Phi) is 6.72. The van der Waals surface area contributed by atoms with E-state index in [0.717, 1.165) is 6.07 Å². The Labute approximate surface area is 190 Å². The fourth-order valence-electron chi connectivity index (χ4n) is 2.71. The topological polar surface area (TPSA) is 76.2 Å². The number of nitrogens with zero attached hydrogens (tertiary/aromatic N) is 2. The smallest absolute Gasteiger partial charge is 0.416 e. The maximum absolute atomic E-state index is 12.9. The first-order valence-corrected chi connectivity index (χ1v) is 9.55. The molecular formula is C22H11Cl2F3N2O3. The quantitative estimate of drug-likeness (QED) is 0.162. The molecule has 0 bridgehead atoms. The van der Waals surface area contributed by atoms with Crippen LogP contribution in [-0.4, -0.2) is 4.92 Å². The van der Waals surface area contributed by atoms with Crippen LogP contribution in [0.2, 0.25) is 10.0 Å². The van der Waals surface area contributed by atoms with E-state index in [4.69, 9.17) is 27.9 Å². The summed E-state index contributed by atoms with van der Waals surface area (Å²) < 4.78 is 44.0. The molecule has 0 saturated carbocycles. The van der Waals surface area contributed by atoms with Crippen LogP contribution < -0.4 is 4.74 Å². The van der Waals surface area contributed by atoms with Gasteiger partial charge in [-0.2, -0.15) is 18.4 Å². The maximum atomic E-state index is 12.9. The van der Waals surface area contributed by atoms with Gasteiger partial charge in [0.05, 0.1) is 27.2 Å². The van der Waals surface area contributed by atoms with Crippen molar-refractivity contribution in [2.45, 2.75) is 6.18 Å². The number of alkyl halides is 3. The number of hydrogen-bond donors (Lipinski definition) is 0. The highest BCUT2D eigenvalue weighted by atomic mass is 35.5. The Morgan fingerprint density at radius 1 is 1.03 bits per heavy atom. The van der Waals surface area contributed by atoms with Crippen molar-refractivity contribution in [2.75, 3.05) is 0 Å². The predicted molar refractivity (Wildman–Crippen MR) is 115 cm³/mol. The number of nitriles is 1. The molecule has 0 aliphatic heterocycles. The molecule has 3 aromatic carbocycles. The molecule has 0 radical (unpaired) electrons. The Morgan fingerprint density at radius 3 is 2.25 bits per heavy atom. The van der Waals surface area contributed by atoms with E-state index in [1.165, 1.54) is 12.1 Å². The third kappa shape index (κ3) is 5.38. The number of benzene rings is 3. The molecule has 5 nitrogen and oxygen atoms in total. The van der Waals surface area contributed by atoms with E-state index in [1.807, 2.05) is 0 Å². The number of allylic oxidation sites excluding steroid dienone is 1. The van der Waals surface area contributed by atoms with Gasteiger partial charge in [-0.3, -0.25) is 10.1 Å². The minimum atomic E-state index is -4.74. The molecule has 0 aromatic heterocycles. The lowest BCUT2D eigenvalue weighted by Gasteiger charge is -2.11. The van der Waals surface area contributed by atoms with Crippen LogP contribution in [0.4, 0.5) is 18.9 Å². The normalized spacial score (nSPS) is 11.7. The van der Waals surface area contributed by atoms with E-state index in [0.29, 0.717) is 33.9 Å². The highest BCUT2D eigenvalue weighted by Crippen LogP contribution is 2.39. The van der Waals surface area contributed by atoms with E-state index in [-0.39, 0.29) is 10.8 Å². The molecule has 0 spiro atoms. The Morgan fingerprint density at radius 2 is 1.69 bits per heavy atom. The van der Waals surface area contributed by atoms with Crippen molar-refractivity contribution in [3.8, 4) is 17.6 Å². The lowest BCUT2D eigenvalue weighted by atomic mass is 10.0. The molecule has 0 fully saturated rings. The van der Waals surface area contributed by atoms with Crippen LogP contribution in [-0.2, 0) is 6.18 Å². The van der Waals surface area contributed by atoms with Crippen molar-refractivity contribution in [3.63, 3.8) is 0 Å². The second kappa shape index (κ2) is 9.30.